The number of hydrogen-bond acceptors (Lipinski definition) is 4. The minimum absolute atomic E-state index is 0.694. The maximum Gasteiger partial charge on any atom is 0.216 e. The molecule has 0 saturated heterocycles. The Labute approximate surface area is 164 Å². The van der Waals surface area contributed by atoms with Crippen LogP contribution in [-0.4, -0.2) is 27.0 Å². The van der Waals surface area contributed by atoms with Crippen LogP contribution in [0, 0.1) is 13.8 Å². The molecule has 0 fully saturated rings. The zero-order valence-electron chi connectivity index (χ0n) is 16.5. The van der Waals surface area contributed by atoms with Gasteiger partial charge in [-0.2, -0.15) is 0 Å². The van der Waals surface area contributed by atoms with Crippen molar-refractivity contribution < 1.29 is 4.74 Å². The molecule has 5 heteroatoms. The smallest absolute Gasteiger partial charge is 0.216 e. The van der Waals surface area contributed by atoms with Crippen LogP contribution in [0.4, 0.5) is 0 Å². The van der Waals surface area contributed by atoms with Crippen LogP contribution in [0.25, 0.3) is 11.0 Å². The van der Waals surface area contributed by atoms with Gasteiger partial charge < -0.3 is 9.72 Å². The Morgan fingerprint density at radius 2 is 1.89 bits per heavy atom. The number of aromatic nitrogens is 4. The number of nitrogens with zero attached hydrogens (tertiary/aromatic N) is 3. The van der Waals surface area contributed by atoms with Crippen molar-refractivity contribution in [1.29, 1.82) is 0 Å². The standard InChI is InChI=1S/C23H24N4O/c1-15-11-21-19(14-26-22(21)25-13-15)12-18-7-9-20(27-16(18)2)8-6-17-5-4-10-24-23(17)28-3/h4-5,7,9-11,13-14H,6,8,12H2,1-3H3,(H,25,26). The van der Waals surface area contributed by atoms with E-state index in [4.69, 9.17) is 9.72 Å². The van der Waals surface area contributed by atoms with Gasteiger partial charge in [0.1, 0.15) is 5.65 Å². The van der Waals surface area contributed by atoms with Crippen LogP contribution in [0.1, 0.15) is 33.6 Å². The number of fused-ring (bicyclic) bond motifs is 1. The van der Waals surface area contributed by atoms with E-state index in [1.165, 1.54) is 22.1 Å². The Hall–Kier alpha value is -3.21. The summed E-state index contributed by atoms with van der Waals surface area (Å²) in [5.41, 5.74) is 7.87. The lowest BCUT2D eigenvalue weighted by Gasteiger charge is -2.09. The van der Waals surface area contributed by atoms with Crippen LogP contribution in [0.5, 0.6) is 5.88 Å². The van der Waals surface area contributed by atoms with Crippen LogP contribution in [-0.2, 0) is 19.3 Å². The third-order valence-electron chi connectivity index (χ3n) is 5.08. The van der Waals surface area contributed by atoms with E-state index in [-0.39, 0.29) is 0 Å². The molecule has 0 amide bonds. The molecule has 0 saturated carbocycles. The highest BCUT2D eigenvalue weighted by Gasteiger charge is 2.10. The number of nitrogens with one attached hydrogen (secondary N) is 1. The van der Waals surface area contributed by atoms with Gasteiger partial charge in [-0.05, 0) is 61.6 Å². The highest BCUT2D eigenvalue weighted by Crippen LogP contribution is 2.22. The number of methoxy groups -OCH3 is 1. The minimum atomic E-state index is 0.694. The lowest BCUT2D eigenvalue weighted by molar-refractivity contribution is 0.392. The molecule has 0 aliphatic heterocycles. The van der Waals surface area contributed by atoms with Crippen LogP contribution in [0.2, 0.25) is 0 Å². The summed E-state index contributed by atoms with van der Waals surface area (Å²) >= 11 is 0. The van der Waals surface area contributed by atoms with Crippen molar-refractivity contribution in [2.24, 2.45) is 0 Å². The van der Waals surface area contributed by atoms with Crippen molar-refractivity contribution in [3.8, 4) is 5.88 Å². The Bertz CT molecular complexity index is 1120. The van der Waals surface area contributed by atoms with E-state index in [0.717, 1.165) is 41.9 Å². The molecule has 28 heavy (non-hydrogen) atoms. The predicted octanol–water partition coefficient (Wildman–Crippen LogP) is 4.35. The van der Waals surface area contributed by atoms with Gasteiger partial charge in [-0.15, -0.1) is 0 Å². The van der Waals surface area contributed by atoms with Crippen molar-refractivity contribution in [3.63, 3.8) is 0 Å². The van der Waals surface area contributed by atoms with Crippen molar-refractivity contribution in [3.05, 3.63) is 82.6 Å². The summed E-state index contributed by atoms with van der Waals surface area (Å²) in [5, 5.41) is 1.19. The second-order valence-corrected chi connectivity index (χ2v) is 7.12. The average Bonchev–Trinajstić information content (AvgIpc) is 3.10. The first kappa shape index (κ1) is 18.2. The molecule has 4 aromatic rings. The minimum Gasteiger partial charge on any atom is -0.481 e. The number of hydrogen-bond donors (Lipinski definition) is 1. The molecule has 1 N–H and O–H groups in total. The maximum atomic E-state index is 5.34. The summed E-state index contributed by atoms with van der Waals surface area (Å²) in [7, 11) is 1.66. The van der Waals surface area contributed by atoms with Crippen LogP contribution in [0.3, 0.4) is 0 Å². The number of H-pyrrole nitrogens is 1. The van der Waals surface area contributed by atoms with Gasteiger partial charge in [0.25, 0.3) is 0 Å². The number of aryl methyl sites for hydroxylation is 4. The molecular formula is C23H24N4O. The van der Waals surface area contributed by atoms with E-state index >= 15 is 0 Å². The van der Waals surface area contributed by atoms with Crippen molar-refractivity contribution >= 4 is 11.0 Å². The van der Waals surface area contributed by atoms with E-state index in [2.05, 4.69) is 59.3 Å². The normalized spacial score (nSPS) is 11.1. The summed E-state index contributed by atoms with van der Waals surface area (Å²) in [6.45, 7) is 4.16. The molecule has 0 aliphatic carbocycles. The predicted molar refractivity (Wildman–Crippen MR) is 111 cm³/mol. The average molecular weight is 372 g/mol. The van der Waals surface area contributed by atoms with Gasteiger partial charge in [0.15, 0.2) is 0 Å². The zero-order valence-corrected chi connectivity index (χ0v) is 16.5. The molecule has 0 spiro atoms. The first-order valence-corrected chi connectivity index (χ1v) is 9.50. The zero-order chi connectivity index (χ0) is 19.5. The topological polar surface area (TPSA) is 63.7 Å². The summed E-state index contributed by atoms with van der Waals surface area (Å²) in [6.07, 6.45) is 8.26. The van der Waals surface area contributed by atoms with E-state index in [1.807, 2.05) is 12.3 Å². The molecule has 0 aliphatic rings. The van der Waals surface area contributed by atoms with Crippen molar-refractivity contribution in [1.82, 2.24) is 19.9 Å². The first-order valence-electron chi connectivity index (χ1n) is 9.50. The van der Waals surface area contributed by atoms with Crippen LogP contribution in [0.15, 0.2) is 48.9 Å². The molecule has 0 bridgehead atoms. The van der Waals surface area contributed by atoms with Gasteiger partial charge in [0.05, 0.1) is 7.11 Å². The van der Waals surface area contributed by atoms with Crippen LogP contribution < -0.4 is 4.74 Å². The molecule has 142 valence electrons. The Kier molecular flexibility index (Phi) is 5.06. The van der Waals surface area contributed by atoms with E-state index in [1.54, 1.807) is 13.3 Å². The SMILES string of the molecule is COc1ncccc1CCc1ccc(Cc2c[nH]c3ncc(C)cc23)c(C)n1. The van der Waals surface area contributed by atoms with Crippen molar-refractivity contribution in [2.45, 2.75) is 33.1 Å². The first-order chi connectivity index (χ1) is 13.6. The molecule has 0 unspecified atom stereocenters. The lowest BCUT2D eigenvalue weighted by atomic mass is 10.0. The molecule has 0 aromatic carbocycles. The number of aromatic amines is 1. The summed E-state index contributed by atoms with van der Waals surface area (Å²) in [5.74, 6) is 0.694. The van der Waals surface area contributed by atoms with Gasteiger partial charge in [-0.1, -0.05) is 12.1 Å². The summed E-state index contributed by atoms with van der Waals surface area (Å²) in [6, 6.07) is 10.5. The number of pyridine rings is 3. The Morgan fingerprint density at radius 1 is 1.00 bits per heavy atom. The third-order valence-corrected chi connectivity index (χ3v) is 5.08. The van der Waals surface area contributed by atoms with Gasteiger partial charge in [-0.25, -0.2) is 9.97 Å². The van der Waals surface area contributed by atoms with Gasteiger partial charge in [-0.3, -0.25) is 4.98 Å². The second-order valence-electron chi connectivity index (χ2n) is 7.12. The van der Waals surface area contributed by atoms with Crippen LogP contribution >= 0.6 is 0 Å². The van der Waals surface area contributed by atoms with Crippen molar-refractivity contribution in [2.75, 3.05) is 7.11 Å². The number of rotatable bonds is 6. The molecule has 0 radical (unpaired) electrons. The molecule has 4 rings (SSSR count). The summed E-state index contributed by atoms with van der Waals surface area (Å²) < 4.78 is 5.34. The Balaban J connectivity index is 1.50. The highest BCUT2D eigenvalue weighted by atomic mass is 16.5. The monoisotopic (exact) mass is 372 g/mol. The molecule has 0 atom stereocenters. The van der Waals surface area contributed by atoms with Gasteiger partial charge in [0, 0.05) is 47.3 Å². The molecule has 4 heterocycles. The molecule has 4 aromatic heterocycles. The summed E-state index contributed by atoms with van der Waals surface area (Å²) in [4.78, 5) is 16.8. The Morgan fingerprint density at radius 3 is 2.71 bits per heavy atom. The lowest BCUT2D eigenvalue weighted by Crippen LogP contribution is -2.02. The van der Waals surface area contributed by atoms with E-state index in [0.29, 0.717) is 5.88 Å². The fourth-order valence-electron chi connectivity index (χ4n) is 3.54. The van der Waals surface area contributed by atoms with Gasteiger partial charge >= 0.3 is 0 Å². The molecule has 5 nitrogen and oxygen atoms in total. The largest absolute Gasteiger partial charge is 0.481 e. The second kappa shape index (κ2) is 7.80. The fourth-order valence-corrected chi connectivity index (χ4v) is 3.54. The van der Waals surface area contributed by atoms with Gasteiger partial charge in [0.2, 0.25) is 5.88 Å². The maximum absolute atomic E-state index is 5.34. The quantitative estimate of drug-likeness (QED) is 0.546. The fraction of sp³-hybridized carbons (Fsp3) is 0.261. The highest BCUT2D eigenvalue weighted by molar-refractivity contribution is 5.80. The third kappa shape index (κ3) is 3.74. The molecular weight excluding hydrogens is 348 g/mol. The van der Waals surface area contributed by atoms with E-state index in [9.17, 15) is 0 Å². The van der Waals surface area contributed by atoms with E-state index < -0.39 is 0 Å². The number of ether oxygens (including phenoxy) is 1.